The lowest BCUT2D eigenvalue weighted by Gasteiger charge is -2.10. The van der Waals surface area contributed by atoms with E-state index in [9.17, 15) is 18.8 Å². The molecule has 7 nitrogen and oxygen atoms in total. The first kappa shape index (κ1) is 19.3. The van der Waals surface area contributed by atoms with E-state index >= 15 is 0 Å². The molecular formula is C18H20FN3O4. The third kappa shape index (κ3) is 5.23. The van der Waals surface area contributed by atoms with Gasteiger partial charge in [0, 0.05) is 18.0 Å². The molecule has 2 rings (SSSR count). The Morgan fingerprint density at radius 2 is 1.96 bits per heavy atom. The summed E-state index contributed by atoms with van der Waals surface area (Å²) in [5.41, 5.74) is 0.933. The van der Waals surface area contributed by atoms with E-state index in [2.05, 4.69) is 15.6 Å². The van der Waals surface area contributed by atoms with Crippen LogP contribution in [0.1, 0.15) is 29.9 Å². The highest BCUT2D eigenvalue weighted by Crippen LogP contribution is 2.18. The number of rotatable bonds is 5. The van der Waals surface area contributed by atoms with Gasteiger partial charge in [-0.1, -0.05) is 13.8 Å². The van der Waals surface area contributed by atoms with Crippen molar-refractivity contribution in [2.24, 2.45) is 5.92 Å². The molecule has 138 valence electrons. The van der Waals surface area contributed by atoms with E-state index in [1.165, 1.54) is 24.3 Å². The van der Waals surface area contributed by atoms with Crippen molar-refractivity contribution in [2.75, 3.05) is 13.2 Å². The largest absolute Gasteiger partial charge is 0.452 e. The number of hydrogen-bond donors (Lipinski definition) is 2. The summed E-state index contributed by atoms with van der Waals surface area (Å²) >= 11 is 0. The van der Waals surface area contributed by atoms with Gasteiger partial charge in [-0.25, -0.2) is 14.0 Å². The highest BCUT2D eigenvalue weighted by molar-refractivity contribution is 5.98. The Hall–Kier alpha value is -3.03. The van der Waals surface area contributed by atoms with Gasteiger partial charge in [-0.05, 0) is 31.0 Å². The second-order valence-electron chi connectivity index (χ2n) is 6.19. The molecule has 1 aromatic carbocycles. The summed E-state index contributed by atoms with van der Waals surface area (Å²) in [4.78, 5) is 39.5. The zero-order valence-corrected chi connectivity index (χ0v) is 14.8. The smallest absolute Gasteiger partial charge is 0.340 e. The van der Waals surface area contributed by atoms with E-state index in [1.807, 2.05) is 13.8 Å². The van der Waals surface area contributed by atoms with Crippen LogP contribution in [0.15, 0.2) is 24.3 Å². The molecule has 2 aromatic rings. The number of carbonyl (C=O) groups excluding carboxylic acids is 3. The number of aryl methyl sites for hydroxylation is 1. The summed E-state index contributed by atoms with van der Waals surface area (Å²) in [6.45, 7) is 5.23. The van der Waals surface area contributed by atoms with Gasteiger partial charge in [-0.3, -0.25) is 15.1 Å². The Kier molecular flexibility index (Phi) is 6.21. The second-order valence-corrected chi connectivity index (χ2v) is 6.19. The lowest BCUT2D eigenvalue weighted by Crippen LogP contribution is -2.42. The topological polar surface area (TPSA) is 97.4 Å². The van der Waals surface area contributed by atoms with E-state index < -0.39 is 30.3 Å². The maximum atomic E-state index is 13.2. The highest BCUT2D eigenvalue weighted by Gasteiger charge is 2.16. The standard InChI is InChI=1S/C18H20FN3O4/c1-10(2)8-20-18(25)22-16(23)9-26-17(24)14-6-12-4-5-13(19)7-15(12)21-11(14)3/h4-7,10H,8-9H2,1-3H3,(H2,20,22,23,25). The predicted octanol–water partition coefficient (Wildman–Crippen LogP) is 2.32. The number of hydrogen-bond acceptors (Lipinski definition) is 5. The van der Waals surface area contributed by atoms with Crippen molar-refractivity contribution in [3.8, 4) is 0 Å². The lowest BCUT2D eigenvalue weighted by molar-refractivity contribution is -0.123. The van der Waals surface area contributed by atoms with E-state index in [1.54, 1.807) is 6.92 Å². The average Bonchev–Trinajstić information content (AvgIpc) is 2.57. The van der Waals surface area contributed by atoms with Crippen LogP contribution in [0.5, 0.6) is 0 Å². The maximum absolute atomic E-state index is 13.2. The monoisotopic (exact) mass is 361 g/mol. The summed E-state index contributed by atoms with van der Waals surface area (Å²) < 4.78 is 18.2. The van der Waals surface area contributed by atoms with Crippen LogP contribution in [0, 0.1) is 18.7 Å². The average molecular weight is 361 g/mol. The summed E-state index contributed by atoms with van der Waals surface area (Å²) in [5.74, 6) is -1.68. The quantitative estimate of drug-likeness (QED) is 0.797. The van der Waals surface area contributed by atoms with Crippen LogP contribution in [-0.4, -0.2) is 36.0 Å². The molecule has 0 atom stereocenters. The van der Waals surface area contributed by atoms with Crippen LogP contribution in [0.3, 0.4) is 0 Å². The minimum Gasteiger partial charge on any atom is -0.452 e. The van der Waals surface area contributed by atoms with Crippen molar-refractivity contribution in [3.05, 3.63) is 41.3 Å². The zero-order valence-electron chi connectivity index (χ0n) is 14.8. The van der Waals surface area contributed by atoms with Gasteiger partial charge in [-0.2, -0.15) is 0 Å². The van der Waals surface area contributed by atoms with Crippen molar-refractivity contribution in [1.82, 2.24) is 15.6 Å². The van der Waals surface area contributed by atoms with Crippen molar-refractivity contribution in [3.63, 3.8) is 0 Å². The zero-order chi connectivity index (χ0) is 19.3. The molecule has 1 aromatic heterocycles. The van der Waals surface area contributed by atoms with E-state index in [-0.39, 0.29) is 11.5 Å². The fraction of sp³-hybridized carbons (Fsp3) is 0.333. The molecule has 1 heterocycles. The molecule has 8 heteroatoms. The van der Waals surface area contributed by atoms with Gasteiger partial charge in [0.25, 0.3) is 5.91 Å². The second kappa shape index (κ2) is 8.37. The van der Waals surface area contributed by atoms with Crippen LogP contribution in [0.4, 0.5) is 9.18 Å². The first-order chi connectivity index (χ1) is 12.3. The van der Waals surface area contributed by atoms with Crippen LogP contribution in [0.2, 0.25) is 0 Å². The minimum atomic E-state index is -0.751. The fourth-order valence-corrected chi connectivity index (χ4v) is 2.16. The number of amides is 3. The number of fused-ring (bicyclic) bond motifs is 1. The molecule has 0 saturated carbocycles. The molecule has 0 aliphatic rings. The van der Waals surface area contributed by atoms with E-state index in [4.69, 9.17) is 4.74 Å². The molecule has 0 spiro atoms. The highest BCUT2D eigenvalue weighted by atomic mass is 19.1. The number of ether oxygens (including phenoxy) is 1. The van der Waals surface area contributed by atoms with Gasteiger partial charge in [0.05, 0.1) is 16.8 Å². The number of aromatic nitrogens is 1. The van der Waals surface area contributed by atoms with Gasteiger partial charge < -0.3 is 10.1 Å². The number of carbonyl (C=O) groups is 3. The number of nitrogens with zero attached hydrogens (tertiary/aromatic N) is 1. The van der Waals surface area contributed by atoms with Crippen molar-refractivity contribution in [2.45, 2.75) is 20.8 Å². The number of imide groups is 1. The Balaban J connectivity index is 1.96. The Morgan fingerprint density at radius 3 is 2.65 bits per heavy atom. The first-order valence-electron chi connectivity index (χ1n) is 8.08. The van der Waals surface area contributed by atoms with Gasteiger partial charge in [0.1, 0.15) is 5.82 Å². The van der Waals surface area contributed by atoms with Crippen LogP contribution in [-0.2, 0) is 9.53 Å². The van der Waals surface area contributed by atoms with Crippen LogP contribution < -0.4 is 10.6 Å². The molecule has 0 aliphatic heterocycles. The summed E-state index contributed by atoms with van der Waals surface area (Å²) in [5, 5.41) is 5.15. The molecule has 0 aliphatic carbocycles. The maximum Gasteiger partial charge on any atom is 0.340 e. The number of halogens is 1. The third-order valence-electron chi connectivity index (χ3n) is 3.45. The normalized spacial score (nSPS) is 10.7. The number of esters is 1. The molecule has 0 bridgehead atoms. The number of pyridine rings is 1. The van der Waals surface area contributed by atoms with E-state index in [0.29, 0.717) is 23.1 Å². The molecule has 3 amide bonds. The van der Waals surface area contributed by atoms with Crippen molar-refractivity contribution >= 4 is 28.8 Å². The van der Waals surface area contributed by atoms with Crippen molar-refractivity contribution in [1.29, 1.82) is 0 Å². The van der Waals surface area contributed by atoms with Crippen LogP contribution >= 0.6 is 0 Å². The fourth-order valence-electron chi connectivity index (χ4n) is 2.16. The summed E-state index contributed by atoms with van der Waals surface area (Å²) in [7, 11) is 0. The molecule has 0 unspecified atom stereocenters. The Bertz CT molecular complexity index is 852. The van der Waals surface area contributed by atoms with Gasteiger partial charge in [0.2, 0.25) is 0 Å². The Morgan fingerprint density at radius 1 is 1.23 bits per heavy atom. The molecule has 26 heavy (non-hydrogen) atoms. The van der Waals surface area contributed by atoms with Gasteiger partial charge >= 0.3 is 12.0 Å². The summed E-state index contributed by atoms with van der Waals surface area (Å²) in [6.07, 6.45) is 0. The SMILES string of the molecule is Cc1nc2cc(F)ccc2cc1C(=O)OCC(=O)NC(=O)NCC(C)C. The molecule has 0 saturated heterocycles. The molecule has 2 N–H and O–H groups in total. The predicted molar refractivity (Wildman–Crippen MR) is 93.1 cm³/mol. The van der Waals surface area contributed by atoms with Gasteiger partial charge in [0.15, 0.2) is 6.61 Å². The first-order valence-corrected chi connectivity index (χ1v) is 8.08. The number of urea groups is 1. The van der Waals surface area contributed by atoms with E-state index in [0.717, 1.165) is 0 Å². The van der Waals surface area contributed by atoms with Gasteiger partial charge in [-0.15, -0.1) is 0 Å². The van der Waals surface area contributed by atoms with Crippen LogP contribution in [0.25, 0.3) is 10.9 Å². The minimum absolute atomic E-state index is 0.168. The molecule has 0 fully saturated rings. The molecular weight excluding hydrogens is 341 g/mol. The molecule has 0 radical (unpaired) electrons. The van der Waals surface area contributed by atoms with Crippen molar-refractivity contribution < 1.29 is 23.5 Å². The number of nitrogens with one attached hydrogen (secondary N) is 2. The number of benzene rings is 1. The lowest BCUT2D eigenvalue weighted by atomic mass is 10.1. The Labute approximate surface area is 149 Å². The third-order valence-corrected chi connectivity index (χ3v) is 3.45. The summed E-state index contributed by atoms with van der Waals surface area (Å²) in [6, 6.07) is 4.90.